The maximum absolute atomic E-state index is 13.7. The molecule has 0 aliphatic carbocycles. The zero-order valence-electron chi connectivity index (χ0n) is 13.0. The van der Waals surface area contributed by atoms with Crippen molar-refractivity contribution in [3.05, 3.63) is 75.9 Å². The van der Waals surface area contributed by atoms with Gasteiger partial charge in [-0.15, -0.1) is 0 Å². The van der Waals surface area contributed by atoms with E-state index in [1.165, 1.54) is 12.1 Å². The van der Waals surface area contributed by atoms with Gasteiger partial charge in [-0.25, -0.2) is 4.39 Å². The number of aryl methyl sites for hydroxylation is 1. The molecule has 0 spiro atoms. The molecule has 0 heterocycles. The van der Waals surface area contributed by atoms with Gasteiger partial charge in [-0.2, -0.15) is 0 Å². The summed E-state index contributed by atoms with van der Waals surface area (Å²) in [5.74, 6) is -0.949. The number of azide groups is 1. The first kappa shape index (κ1) is 16.5. The Kier molecular flexibility index (Phi) is 4.98. The molecule has 5 nitrogen and oxygen atoms in total. The highest BCUT2D eigenvalue weighted by atomic mass is 19.1. The fourth-order valence-corrected chi connectivity index (χ4v) is 2.21. The zero-order chi connectivity index (χ0) is 16.9. The number of nitrogens with zero attached hydrogens (tertiary/aromatic N) is 3. The second-order valence-electron chi connectivity index (χ2n) is 5.52. The topological polar surface area (TPSA) is 77.9 Å². The van der Waals surface area contributed by atoms with Crippen LogP contribution in [0.3, 0.4) is 0 Å². The molecule has 0 fully saturated rings. The molecule has 2 rings (SSSR count). The van der Waals surface area contributed by atoms with Crippen molar-refractivity contribution in [2.45, 2.75) is 19.3 Å². The Balaban J connectivity index is 2.37. The van der Waals surface area contributed by atoms with Gasteiger partial charge in [0, 0.05) is 11.5 Å². The van der Waals surface area contributed by atoms with Gasteiger partial charge in [0.2, 0.25) is 5.91 Å². The minimum absolute atomic E-state index is 0.0627. The zero-order valence-corrected chi connectivity index (χ0v) is 13.0. The number of benzene rings is 2. The van der Waals surface area contributed by atoms with Crippen molar-refractivity contribution >= 4 is 11.6 Å². The van der Waals surface area contributed by atoms with E-state index in [2.05, 4.69) is 15.3 Å². The average Bonchev–Trinajstić information content (AvgIpc) is 2.55. The largest absolute Gasteiger partial charge is 0.323 e. The predicted octanol–water partition coefficient (Wildman–Crippen LogP) is 4.34. The van der Waals surface area contributed by atoms with E-state index in [-0.39, 0.29) is 12.2 Å². The van der Waals surface area contributed by atoms with E-state index >= 15 is 0 Å². The Morgan fingerprint density at radius 3 is 2.52 bits per heavy atom. The third kappa shape index (κ3) is 3.67. The molecule has 0 bridgehead atoms. The van der Waals surface area contributed by atoms with Crippen LogP contribution in [0.25, 0.3) is 10.4 Å². The van der Waals surface area contributed by atoms with Crippen LogP contribution in [0, 0.1) is 12.7 Å². The summed E-state index contributed by atoms with van der Waals surface area (Å²) in [6.45, 7) is 3.54. The molecule has 118 valence electrons. The summed E-state index contributed by atoms with van der Waals surface area (Å²) in [5.41, 5.74) is 9.35. The van der Waals surface area contributed by atoms with Crippen LogP contribution in [0.4, 0.5) is 10.1 Å². The van der Waals surface area contributed by atoms with E-state index in [1.54, 1.807) is 19.1 Å². The SMILES string of the molecule is Cc1ccc(C(C)(CN=[N+]=[N-])C(=O)Nc2ccccc2F)cc1. The van der Waals surface area contributed by atoms with Crippen molar-refractivity contribution in [1.82, 2.24) is 0 Å². The molecule has 6 heteroatoms. The molecule has 0 aliphatic heterocycles. The van der Waals surface area contributed by atoms with Crippen LogP contribution in [0.15, 0.2) is 53.6 Å². The van der Waals surface area contributed by atoms with Crippen molar-refractivity contribution in [2.75, 3.05) is 11.9 Å². The monoisotopic (exact) mass is 312 g/mol. The fourth-order valence-electron chi connectivity index (χ4n) is 2.21. The van der Waals surface area contributed by atoms with Crippen LogP contribution in [0.5, 0.6) is 0 Å². The van der Waals surface area contributed by atoms with Crippen LogP contribution in [-0.2, 0) is 10.2 Å². The number of carbonyl (C=O) groups excluding carboxylic acids is 1. The molecule has 0 aliphatic rings. The van der Waals surface area contributed by atoms with Gasteiger partial charge >= 0.3 is 0 Å². The van der Waals surface area contributed by atoms with Crippen LogP contribution in [0.2, 0.25) is 0 Å². The molecule has 2 aromatic rings. The lowest BCUT2D eigenvalue weighted by Crippen LogP contribution is -2.40. The summed E-state index contributed by atoms with van der Waals surface area (Å²) in [7, 11) is 0. The van der Waals surface area contributed by atoms with E-state index in [1.807, 2.05) is 31.2 Å². The molecule has 1 amide bonds. The number of amides is 1. The predicted molar refractivity (Wildman–Crippen MR) is 87.6 cm³/mol. The lowest BCUT2D eigenvalue weighted by atomic mass is 9.81. The Hall–Kier alpha value is -2.85. The van der Waals surface area contributed by atoms with E-state index in [9.17, 15) is 9.18 Å². The van der Waals surface area contributed by atoms with Gasteiger partial charge in [0.05, 0.1) is 11.1 Å². The molecule has 0 radical (unpaired) electrons. The number of rotatable bonds is 5. The van der Waals surface area contributed by atoms with Crippen LogP contribution >= 0.6 is 0 Å². The maximum Gasteiger partial charge on any atom is 0.234 e. The summed E-state index contributed by atoms with van der Waals surface area (Å²) in [5, 5.41) is 6.13. The number of hydrogen-bond donors (Lipinski definition) is 1. The quantitative estimate of drug-likeness (QED) is 0.497. The molecule has 0 aromatic heterocycles. The highest BCUT2D eigenvalue weighted by molar-refractivity contribution is 5.99. The molecule has 0 saturated heterocycles. The molecule has 23 heavy (non-hydrogen) atoms. The summed E-state index contributed by atoms with van der Waals surface area (Å²) >= 11 is 0. The number of anilines is 1. The number of halogens is 1. The summed E-state index contributed by atoms with van der Waals surface area (Å²) in [6, 6.07) is 13.3. The number of nitrogens with one attached hydrogen (secondary N) is 1. The second-order valence-corrected chi connectivity index (χ2v) is 5.52. The second kappa shape index (κ2) is 6.94. The molecule has 1 unspecified atom stereocenters. The van der Waals surface area contributed by atoms with Crippen LogP contribution in [-0.4, -0.2) is 12.5 Å². The van der Waals surface area contributed by atoms with Crippen LogP contribution < -0.4 is 5.32 Å². The summed E-state index contributed by atoms with van der Waals surface area (Å²) in [6.07, 6.45) is 0. The minimum atomic E-state index is -1.10. The molecular formula is C17H17FN4O. The average molecular weight is 312 g/mol. The van der Waals surface area contributed by atoms with Gasteiger partial charge in [0.15, 0.2) is 0 Å². The number of carbonyl (C=O) groups is 1. The number of para-hydroxylation sites is 1. The molecular weight excluding hydrogens is 295 g/mol. The lowest BCUT2D eigenvalue weighted by molar-refractivity contribution is -0.120. The Morgan fingerprint density at radius 2 is 1.91 bits per heavy atom. The molecule has 1 N–H and O–H groups in total. The fraction of sp³-hybridized carbons (Fsp3) is 0.235. The van der Waals surface area contributed by atoms with E-state index in [0.29, 0.717) is 5.56 Å². The first-order chi connectivity index (χ1) is 11.0. The lowest BCUT2D eigenvalue weighted by Gasteiger charge is -2.27. The Labute approximate surface area is 133 Å². The summed E-state index contributed by atoms with van der Waals surface area (Å²) in [4.78, 5) is 15.5. The van der Waals surface area contributed by atoms with Crippen molar-refractivity contribution in [2.24, 2.45) is 5.11 Å². The normalized spacial score (nSPS) is 12.8. The van der Waals surface area contributed by atoms with Crippen molar-refractivity contribution in [3.8, 4) is 0 Å². The Bertz CT molecular complexity index is 753. The van der Waals surface area contributed by atoms with Crippen molar-refractivity contribution in [1.29, 1.82) is 0 Å². The van der Waals surface area contributed by atoms with E-state index < -0.39 is 17.1 Å². The first-order valence-electron chi connectivity index (χ1n) is 7.11. The third-order valence-electron chi connectivity index (χ3n) is 3.76. The van der Waals surface area contributed by atoms with Gasteiger partial charge in [-0.05, 0) is 37.1 Å². The van der Waals surface area contributed by atoms with Gasteiger partial charge in [-0.3, -0.25) is 4.79 Å². The maximum atomic E-state index is 13.7. The Morgan fingerprint density at radius 1 is 1.26 bits per heavy atom. The van der Waals surface area contributed by atoms with Crippen molar-refractivity contribution in [3.63, 3.8) is 0 Å². The highest BCUT2D eigenvalue weighted by Gasteiger charge is 2.35. The van der Waals surface area contributed by atoms with Crippen LogP contribution in [0.1, 0.15) is 18.1 Å². The third-order valence-corrected chi connectivity index (χ3v) is 3.76. The molecule has 1 atom stereocenters. The first-order valence-corrected chi connectivity index (χ1v) is 7.11. The smallest absolute Gasteiger partial charge is 0.234 e. The molecule has 2 aromatic carbocycles. The van der Waals surface area contributed by atoms with Gasteiger partial charge < -0.3 is 5.32 Å². The van der Waals surface area contributed by atoms with E-state index in [4.69, 9.17) is 5.53 Å². The van der Waals surface area contributed by atoms with Crippen molar-refractivity contribution < 1.29 is 9.18 Å². The summed E-state index contributed by atoms with van der Waals surface area (Å²) < 4.78 is 13.7. The molecule has 0 saturated carbocycles. The van der Waals surface area contributed by atoms with Gasteiger partial charge in [0.25, 0.3) is 0 Å². The standard InChI is InChI=1S/C17H17FN4O/c1-12-7-9-13(10-8-12)17(2,11-20-22-19)16(23)21-15-6-4-3-5-14(15)18/h3-10H,11H2,1-2H3,(H,21,23). The van der Waals surface area contributed by atoms with E-state index in [0.717, 1.165) is 5.56 Å². The van der Waals surface area contributed by atoms with Gasteiger partial charge in [-0.1, -0.05) is 47.1 Å². The number of hydrogen-bond acceptors (Lipinski definition) is 2. The highest BCUT2D eigenvalue weighted by Crippen LogP contribution is 2.27. The van der Waals surface area contributed by atoms with Gasteiger partial charge in [0.1, 0.15) is 5.82 Å². The minimum Gasteiger partial charge on any atom is -0.323 e.